The minimum Gasteiger partial charge on any atom is -0.310 e. The number of para-hydroxylation sites is 1. The number of hydrogen-bond acceptors (Lipinski definition) is 2. The van der Waals surface area contributed by atoms with Crippen LogP contribution in [0.1, 0.15) is 51.0 Å². The second-order valence-corrected chi connectivity index (χ2v) is 6.41. The minimum atomic E-state index is 0.599. The Kier molecular flexibility index (Phi) is 4.87. The predicted octanol–water partition coefficient (Wildman–Crippen LogP) is 4.68. The Labute approximate surface area is 128 Å². The van der Waals surface area contributed by atoms with Crippen molar-refractivity contribution in [2.24, 2.45) is 5.92 Å². The van der Waals surface area contributed by atoms with E-state index in [2.05, 4.69) is 41.5 Å². The Balaban J connectivity index is 1.65. The lowest BCUT2D eigenvalue weighted by atomic mass is 9.93. The Morgan fingerprint density at radius 1 is 1.10 bits per heavy atom. The van der Waals surface area contributed by atoms with E-state index < -0.39 is 0 Å². The lowest BCUT2D eigenvalue weighted by Crippen LogP contribution is -2.33. The van der Waals surface area contributed by atoms with Crippen LogP contribution in [0.5, 0.6) is 0 Å². The van der Waals surface area contributed by atoms with Crippen molar-refractivity contribution in [3.63, 3.8) is 0 Å². The molecule has 1 aromatic heterocycles. The highest BCUT2D eigenvalue weighted by molar-refractivity contribution is 5.81. The van der Waals surface area contributed by atoms with E-state index in [0.717, 1.165) is 18.0 Å². The van der Waals surface area contributed by atoms with Crippen LogP contribution in [-0.4, -0.2) is 11.0 Å². The van der Waals surface area contributed by atoms with E-state index in [0.29, 0.717) is 6.04 Å². The van der Waals surface area contributed by atoms with Crippen molar-refractivity contribution in [1.29, 1.82) is 0 Å². The maximum atomic E-state index is 4.55. The molecule has 2 heteroatoms. The van der Waals surface area contributed by atoms with Crippen LogP contribution in [0.3, 0.4) is 0 Å². The van der Waals surface area contributed by atoms with Gasteiger partial charge in [-0.15, -0.1) is 0 Å². The van der Waals surface area contributed by atoms with Crippen molar-refractivity contribution in [1.82, 2.24) is 10.3 Å². The molecule has 1 N–H and O–H groups in total. The van der Waals surface area contributed by atoms with Crippen molar-refractivity contribution >= 4 is 10.9 Å². The zero-order valence-corrected chi connectivity index (χ0v) is 13.0. The predicted molar refractivity (Wildman–Crippen MR) is 89.2 cm³/mol. The summed E-state index contributed by atoms with van der Waals surface area (Å²) in [6.45, 7) is 3.28. The molecular formula is C19H26N2. The molecule has 1 atom stereocenters. The van der Waals surface area contributed by atoms with Gasteiger partial charge in [0, 0.05) is 24.2 Å². The summed E-state index contributed by atoms with van der Waals surface area (Å²) in [6.07, 6.45) is 10.3. The number of hydrogen-bond donors (Lipinski definition) is 1. The molecule has 1 aromatic carbocycles. The number of pyridine rings is 1. The number of rotatable bonds is 4. The van der Waals surface area contributed by atoms with Crippen LogP contribution in [0.4, 0.5) is 0 Å². The van der Waals surface area contributed by atoms with E-state index in [1.165, 1.54) is 49.5 Å². The summed E-state index contributed by atoms with van der Waals surface area (Å²) in [5, 5.41) is 4.98. The molecule has 1 fully saturated rings. The Morgan fingerprint density at radius 2 is 1.86 bits per heavy atom. The zero-order chi connectivity index (χ0) is 14.5. The first-order valence-corrected chi connectivity index (χ1v) is 8.40. The molecule has 1 aliphatic rings. The lowest BCUT2D eigenvalue weighted by molar-refractivity contribution is 0.337. The van der Waals surface area contributed by atoms with Gasteiger partial charge in [-0.1, -0.05) is 49.9 Å². The van der Waals surface area contributed by atoms with Gasteiger partial charge in [-0.25, -0.2) is 0 Å². The molecule has 0 aliphatic heterocycles. The van der Waals surface area contributed by atoms with Crippen molar-refractivity contribution in [2.45, 2.75) is 58.0 Å². The number of benzene rings is 1. The molecule has 0 bridgehead atoms. The molecular weight excluding hydrogens is 256 g/mol. The Morgan fingerprint density at radius 3 is 2.67 bits per heavy atom. The monoisotopic (exact) mass is 282 g/mol. The van der Waals surface area contributed by atoms with E-state index in [1.807, 2.05) is 12.3 Å². The molecule has 112 valence electrons. The average molecular weight is 282 g/mol. The van der Waals surface area contributed by atoms with Crippen molar-refractivity contribution < 1.29 is 0 Å². The van der Waals surface area contributed by atoms with Crippen molar-refractivity contribution in [3.05, 3.63) is 42.1 Å². The molecule has 0 unspecified atom stereocenters. The van der Waals surface area contributed by atoms with Crippen LogP contribution in [0.2, 0.25) is 0 Å². The van der Waals surface area contributed by atoms with Gasteiger partial charge in [0.15, 0.2) is 0 Å². The summed E-state index contributed by atoms with van der Waals surface area (Å²) >= 11 is 0. The fourth-order valence-electron chi connectivity index (χ4n) is 3.56. The standard InChI is InChI=1S/C19H26N2/c1-15(16-8-4-2-3-5-9-16)21-14-18-11-6-10-17-12-7-13-20-19(17)18/h6-7,10-13,15-16,21H,2-5,8-9,14H2,1H3/t15-/m0/s1. The van der Waals surface area contributed by atoms with Crippen LogP contribution >= 0.6 is 0 Å². The minimum absolute atomic E-state index is 0.599. The maximum absolute atomic E-state index is 4.55. The molecule has 2 nitrogen and oxygen atoms in total. The molecule has 21 heavy (non-hydrogen) atoms. The highest BCUT2D eigenvalue weighted by Gasteiger charge is 2.18. The highest BCUT2D eigenvalue weighted by atomic mass is 14.9. The largest absolute Gasteiger partial charge is 0.310 e. The number of aromatic nitrogens is 1. The zero-order valence-electron chi connectivity index (χ0n) is 13.0. The second kappa shape index (κ2) is 7.04. The van der Waals surface area contributed by atoms with Crippen LogP contribution in [0.15, 0.2) is 36.5 Å². The molecule has 3 rings (SSSR count). The molecule has 1 saturated carbocycles. The lowest BCUT2D eigenvalue weighted by Gasteiger charge is -2.24. The normalized spacial score (nSPS) is 18.5. The van der Waals surface area contributed by atoms with Crippen molar-refractivity contribution in [3.8, 4) is 0 Å². The molecule has 1 aliphatic carbocycles. The van der Waals surface area contributed by atoms with Gasteiger partial charge in [0.25, 0.3) is 0 Å². The Hall–Kier alpha value is -1.41. The maximum Gasteiger partial charge on any atom is 0.0746 e. The summed E-state index contributed by atoms with van der Waals surface area (Å²) in [5.41, 5.74) is 2.45. The third-order valence-electron chi connectivity index (χ3n) is 4.94. The van der Waals surface area contributed by atoms with Gasteiger partial charge >= 0.3 is 0 Å². The van der Waals surface area contributed by atoms with E-state index in [-0.39, 0.29) is 0 Å². The number of fused-ring (bicyclic) bond motifs is 1. The van der Waals surface area contributed by atoms with Gasteiger partial charge in [0.2, 0.25) is 0 Å². The SMILES string of the molecule is C[C@H](NCc1cccc2cccnc12)C1CCCCCC1. The Bertz CT molecular complexity index is 565. The quantitative estimate of drug-likeness (QED) is 0.823. The van der Waals surface area contributed by atoms with Crippen LogP contribution in [0, 0.1) is 5.92 Å². The molecule has 0 amide bonds. The molecule has 0 radical (unpaired) electrons. The molecule has 0 spiro atoms. The fourth-order valence-corrected chi connectivity index (χ4v) is 3.56. The molecule has 1 heterocycles. The first-order chi connectivity index (χ1) is 10.3. The molecule has 2 aromatic rings. The average Bonchev–Trinajstić information content (AvgIpc) is 2.82. The number of nitrogens with zero attached hydrogens (tertiary/aromatic N) is 1. The summed E-state index contributed by atoms with van der Waals surface area (Å²) in [6, 6.07) is 11.2. The van der Waals surface area contributed by atoms with Gasteiger partial charge in [0.1, 0.15) is 0 Å². The summed E-state index contributed by atoms with van der Waals surface area (Å²) in [5.74, 6) is 0.843. The number of nitrogens with one attached hydrogen (secondary N) is 1. The second-order valence-electron chi connectivity index (χ2n) is 6.41. The van der Waals surface area contributed by atoms with Gasteiger partial charge in [-0.05, 0) is 37.3 Å². The van der Waals surface area contributed by atoms with Gasteiger partial charge in [-0.3, -0.25) is 4.98 Å². The van der Waals surface area contributed by atoms with E-state index in [9.17, 15) is 0 Å². The topological polar surface area (TPSA) is 24.9 Å². The smallest absolute Gasteiger partial charge is 0.0746 e. The van der Waals surface area contributed by atoms with E-state index in [1.54, 1.807) is 0 Å². The van der Waals surface area contributed by atoms with Gasteiger partial charge in [0.05, 0.1) is 5.52 Å². The van der Waals surface area contributed by atoms with Crippen LogP contribution < -0.4 is 5.32 Å². The first kappa shape index (κ1) is 14.5. The van der Waals surface area contributed by atoms with E-state index in [4.69, 9.17) is 0 Å². The third-order valence-corrected chi connectivity index (χ3v) is 4.94. The summed E-state index contributed by atoms with van der Waals surface area (Å²) in [7, 11) is 0. The summed E-state index contributed by atoms with van der Waals surface area (Å²) < 4.78 is 0. The summed E-state index contributed by atoms with van der Waals surface area (Å²) in [4.78, 5) is 4.55. The van der Waals surface area contributed by atoms with Crippen LogP contribution in [0.25, 0.3) is 10.9 Å². The van der Waals surface area contributed by atoms with E-state index >= 15 is 0 Å². The molecule has 0 saturated heterocycles. The van der Waals surface area contributed by atoms with Crippen LogP contribution in [-0.2, 0) is 6.54 Å². The van der Waals surface area contributed by atoms with Crippen molar-refractivity contribution in [2.75, 3.05) is 0 Å². The van der Waals surface area contributed by atoms with Gasteiger partial charge in [-0.2, -0.15) is 0 Å². The fraction of sp³-hybridized carbons (Fsp3) is 0.526. The first-order valence-electron chi connectivity index (χ1n) is 8.40. The highest BCUT2D eigenvalue weighted by Crippen LogP contribution is 2.26. The third kappa shape index (κ3) is 3.62. The van der Waals surface area contributed by atoms with Gasteiger partial charge < -0.3 is 5.32 Å².